The van der Waals surface area contributed by atoms with E-state index in [9.17, 15) is 15.0 Å². The summed E-state index contributed by atoms with van der Waals surface area (Å²) in [6.07, 6.45) is 9.12. The second-order valence-electron chi connectivity index (χ2n) is 8.77. The third kappa shape index (κ3) is 2.23. The van der Waals surface area contributed by atoms with Crippen LogP contribution in [0.2, 0.25) is 0 Å². The molecule has 2 saturated carbocycles. The SMILES string of the molecule is C=C[C@]1(C)C=C2CC[C@H]3[C@](C)(CCC[C@]3(C)C(=O)O)[C@H]2C[C@H]1O. The Balaban J connectivity index is 2.02. The fourth-order valence-corrected chi connectivity index (χ4v) is 5.90. The lowest BCUT2D eigenvalue weighted by Crippen LogP contribution is -2.55. The fourth-order valence-electron chi connectivity index (χ4n) is 5.90. The van der Waals surface area contributed by atoms with E-state index < -0.39 is 17.5 Å². The first-order chi connectivity index (χ1) is 10.7. The van der Waals surface area contributed by atoms with Gasteiger partial charge in [0.2, 0.25) is 0 Å². The van der Waals surface area contributed by atoms with Crippen LogP contribution in [0, 0.1) is 28.1 Å². The molecule has 0 aliphatic heterocycles. The molecule has 0 aromatic carbocycles. The van der Waals surface area contributed by atoms with Crippen molar-refractivity contribution < 1.29 is 15.0 Å². The second kappa shape index (κ2) is 5.20. The zero-order chi connectivity index (χ0) is 17.0. The number of allylic oxidation sites excluding steroid dienone is 1. The summed E-state index contributed by atoms with van der Waals surface area (Å²) < 4.78 is 0. The van der Waals surface area contributed by atoms with Gasteiger partial charge >= 0.3 is 5.97 Å². The highest BCUT2D eigenvalue weighted by Crippen LogP contribution is 2.63. The number of aliphatic carboxylic acids is 1. The minimum atomic E-state index is -0.645. The van der Waals surface area contributed by atoms with Gasteiger partial charge in [-0.05, 0) is 56.3 Å². The quantitative estimate of drug-likeness (QED) is 0.751. The number of fused-ring (bicyclic) bond motifs is 3. The number of carboxylic acids is 1. The van der Waals surface area contributed by atoms with Gasteiger partial charge in [-0.15, -0.1) is 6.58 Å². The highest BCUT2D eigenvalue weighted by atomic mass is 16.4. The van der Waals surface area contributed by atoms with E-state index in [1.165, 1.54) is 5.57 Å². The van der Waals surface area contributed by atoms with Crippen LogP contribution < -0.4 is 0 Å². The molecule has 0 aromatic heterocycles. The lowest BCUT2D eigenvalue weighted by Gasteiger charge is -2.59. The first-order valence-corrected chi connectivity index (χ1v) is 8.94. The van der Waals surface area contributed by atoms with E-state index in [1.54, 1.807) is 0 Å². The third-order valence-electron chi connectivity index (χ3n) is 7.54. The molecule has 0 amide bonds. The number of aliphatic hydroxyl groups excluding tert-OH is 1. The van der Waals surface area contributed by atoms with E-state index in [-0.39, 0.29) is 16.7 Å². The second-order valence-corrected chi connectivity index (χ2v) is 8.77. The molecule has 0 saturated heterocycles. The van der Waals surface area contributed by atoms with E-state index in [2.05, 4.69) is 19.6 Å². The topological polar surface area (TPSA) is 57.5 Å². The number of carbonyl (C=O) groups is 1. The molecule has 3 rings (SSSR count). The van der Waals surface area contributed by atoms with Crippen molar-refractivity contribution in [1.82, 2.24) is 0 Å². The molecular formula is C20H30O3. The molecule has 0 radical (unpaired) electrons. The van der Waals surface area contributed by atoms with Crippen LogP contribution in [0.5, 0.6) is 0 Å². The van der Waals surface area contributed by atoms with Gasteiger partial charge in [-0.25, -0.2) is 0 Å². The summed E-state index contributed by atoms with van der Waals surface area (Å²) in [4.78, 5) is 12.0. The van der Waals surface area contributed by atoms with Gasteiger partial charge in [0.1, 0.15) is 0 Å². The smallest absolute Gasteiger partial charge is 0.309 e. The number of hydrogen-bond acceptors (Lipinski definition) is 2. The van der Waals surface area contributed by atoms with Crippen LogP contribution in [-0.2, 0) is 4.79 Å². The lowest BCUT2D eigenvalue weighted by atomic mass is 9.45. The summed E-state index contributed by atoms with van der Waals surface area (Å²) in [5.41, 5.74) is 0.438. The summed E-state index contributed by atoms with van der Waals surface area (Å²) in [6, 6.07) is 0. The van der Waals surface area contributed by atoms with E-state index >= 15 is 0 Å². The first-order valence-electron chi connectivity index (χ1n) is 8.94. The predicted octanol–water partition coefficient (Wildman–Crippen LogP) is 4.18. The Bertz CT molecular complexity index is 565. The number of rotatable bonds is 2. The van der Waals surface area contributed by atoms with Crippen LogP contribution in [0.4, 0.5) is 0 Å². The lowest BCUT2D eigenvalue weighted by molar-refractivity contribution is -0.165. The summed E-state index contributed by atoms with van der Waals surface area (Å²) in [5, 5.41) is 20.5. The van der Waals surface area contributed by atoms with Gasteiger partial charge in [0, 0.05) is 5.41 Å². The zero-order valence-corrected chi connectivity index (χ0v) is 14.6. The van der Waals surface area contributed by atoms with E-state index in [1.807, 2.05) is 19.9 Å². The molecule has 3 heteroatoms. The molecule has 23 heavy (non-hydrogen) atoms. The highest BCUT2D eigenvalue weighted by Gasteiger charge is 2.59. The standard InChI is InChI=1S/C20H30O3/c1-5-18(2)12-13-7-8-15-19(3,14(13)11-16(18)21)9-6-10-20(15,4)17(22)23/h5,12,14-16,21H,1,6-11H2,2-4H3,(H,22,23)/t14-,15-,16+,18+,19+,20-/m0/s1. The molecule has 3 aliphatic rings. The maximum absolute atomic E-state index is 12.0. The van der Waals surface area contributed by atoms with Crippen LogP contribution in [0.15, 0.2) is 24.3 Å². The Hall–Kier alpha value is -1.09. The van der Waals surface area contributed by atoms with Gasteiger partial charge in [0.25, 0.3) is 0 Å². The van der Waals surface area contributed by atoms with Crippen molar-refractivity contribution in [3.63, 3.8) is 0 Å². The largest absolute Gasteiger partial charge is 0.481 e. The maximum Gasteiger partial charge on any atom is 0.309 e. The third-order valence-corrected chi connectivity index (χ3v) is 7.54. The molecule has 0 aromatic rings. The molecule has 128 valence electrons. The summed E-state index contributed by atoms with van der Waals surface area (Å²) in [6.45, 7) is 10.2. The average Bonchev–Trinajstić information content (AvgIpc) is 2.49. The molecule has 0 unspecified atom stereocenters. The fraction of sp³-hybridized carbons (Fsp3) is 0.750. The van der Waals surface area contributed by atoms with Crippen LogP contribution >= 0.6 is 0 Å². The van der Waals surface area contributed by atoms with E-state index in [0.717, 1.165) is 38.5 Å². The van der Waals surface area contributed by atoms with Gasteiger partial charge in [-0.1, -0.05) is 38.0 Å². The van der Waals surface area contributed by atoms with E-state index in [4.69, 9.17) is 0 Å². The van der Waals surface area contributed by atoms with Gasteiger partial charge in [0.15, 0.2) is 0 Å². The minimum absolute atomic E-state index is 0.0149. The molecule has 0 heterocycles. The van der Waals surface area contributed by atoms with Crippen LogP contribution in [0.3, 0.4) is 0 Å². The van der Waals surface area contributed by atoms with Crippen molar-refractivity contribution in [2.24, 2.45) is 28.1 Å². The highest BCUT2D eigenvalue weighted by molar-refractivity contribution is 5.75. The number of carboxylic acid groups (broad SMARTS) is 1. The summed E-state index contributed by atoms with van der Waals surface area (Å²) in [5.74, 6) is -0.139. The van der Waals surface area contributed by atoms with Gasteiger partial charge < -0.3 is 10.2 Å². The van der Waals surface area contributed by atoms with Gasteiger partial charge in [-0.2, -0.15) is 0 Å². The predicted molar refractivity (Wildman–Crippen MR) is 90.9 cm³/mol. The minimum Gasteiger partial charge on any atom is -0.481 e. The average molecular weight is 318 g/mol. The Labute approximate surface area is 139 Å². The first kappa shape index (κ1) is 16.8. The molecule has 6 atom stereocenters. The molecule has 2 N–H and O–H groups in total. The number of hydrogen-bond donors (Lipinski definition) is 2. The molecule has 0 spiro atoms. The maximum atomic E-state index is 12.0. The van der Waals surface area contributed by atoms with Gasteiger partial charge in [-0.3, -0.25) is 4.79 Å². The molecule has 3 nitrogen and oxygen atoms in total. The Kier molecular flexibility index (Phi) is 3.79. The molecule has 3 aliphatic carbocycles. The zero-order valence-electron chi connectivity index (χ0n) is 14.6. The van der Waals surface area contributed by atoms with E-state index in [0.29, 0.717) is 5.92 Å². The molecule has 0 bridgehead atoms. The van der Waals surface area contributed by atoms with Crippen LogP contribution in [0.1, 0.15) is 59.3 Å². The Morgan fingerprint density at radius 2 is 2.04 bits per heavy atom. The van der Waals surface area contributed by atoms with Crippen molar-refractivity contribution in [2.75, 3.05) is 0 Å². The van der Waals surface area contributed by atoms with Crippen molar-refractivity contribution in [1.29, 1.82) is 0 Å². The number of aliphatic hydroxyl groups is 1. The van der Waals surface area contributed by atoms with Crippen molar-refractivity contribution in [2.45, 2.75) is 65.4 Å². The van der Waals surface area contributed by atoms with Crippen LogP contribution in [-0.4, -0.2) is 22.3 Å². The van der Waals surface area contributed by atoms with Gasteiger partial charge in [0.05, 0.1) is 11.5 Å². The normalized spacial score (nSPS) is 49.6. The van der Waals surface area contributed by atoms with Crippen molar-refractivity contribution in [3.05, 3.63) is 24.3 Å². The van der Waals surface area contributed by atoms with Crippen molar-refractivity contribution >= 4 is 5.97 Å². The summed E-state index contributed by atoms with van der Waals surface area (Å²) >= 11 is 0. The monoisotopic (exact) mass is 318 g/mol. The van der Waals surface area contributed by atoms with Crippen LogP contribution in [0.25, 0.3) is 0 Å². The molecular weight excluding hydrogens is 288 g/mol. The Morgan fingerprint density at radius 1 is 1.35 bits per heavy atom. The Morgan fingerprint density at radius 3 is 2.65 bits per heavy atom. The summed E-state index contributed by atoms with van der Waals surface area (Å²) in [7, 11) is 0. The van der Waals surface area contributed by atoms with Crippen molar-refractivity contribution in [3.8, 4) is 0 Å². The molecule has 2 fully saturated rings.